The molecule has 1 atom stereocenters. The van der Waals surface area contributed by atoms with Gasteiger partial charge in [-0.05, 0) is 38.8 Å². The Bertz CT molecular complexity index is 557. The largest absolute Gasteiger partial charge is 0.493 e. The zero-order valence-corrected chi connectivity index (χ0v) is 13.1. The van der Waals surface area contributed by atoms with Crippen molar-refractivity contribution in [1.82, 2.24) is 5.32 Å². The number of methoxy groups -OCH3 is 1. The highest BCUT2D eigenvalue weighted by atomic mass is 16.5. The van der Waals surface area contributed by atoms with E-state index in [0.29, 0.717) is 30.0 Å². The number of hydrogen-bond acceptors (Lipinski definition) is 4. The number of anilines is 1. The minimum atomic E-state index is -0.473. The number of carbonyl (C=O) groups is 2. The van der Waals surface area contributed by atoms with Gasteiger partial charge < -0.3 is 20.1 Å². The zero-order valence-electron chi connectivity index (χ0n) is 13.1. The van der Waals surface area contributed by atoms with Gasteiger partial charge >= 0.3 is 0 Å². The Morgan fingerprint density at radius 3 is 2.77 bits per heavy atom. The van der Waals surface area contributed by atoms with Gasteiger partial charge in [-0.2, -0.15) is 0 Å². The van der Waals surface area contributed by atoms with Crippen LogP contribution in [0.1, 0.15) is 33.1 Å². The molecule has 1 heterocycles. The molecule has 22 heavy (non-hydrogen) atoms. The van der Waals surface area contributed by atoms with Crippen LogP contribution in [0.25, 0.3) is 0 Å². The van der Waals surface area contributed by atoms with E-state index in [0.717, 1.165) is 6.42 Å². The van der Waals surface area contributed by atoms with Crippen LogP contribution in [-0.4, -0.2) is 31.1 Å². The predicted octanol–water partition coefficient (Wildman–Crippen LogP) is 2.09. The van der Waals surface area contributed by atoms with Crippen LogP contribution in [0.4, 0.5) is 5.69 Å². The third-order valence-corrected chi connectivity index (χ3v) is 3.34. The van der Waals surface area contributed by atoms with E-state index in [-0.39, 0.29) is 17.9 Å². The van der Waals surface area contributed by atoms with Gasteiger partial charge in [-0.15, -0.1) is 0 Å². The van der Waals surface area contributed by atoms with Crippen molar-refractivity contribution < 1.29 is 19.1 Å². The van der Waals surface area contributed by atoms with E-state index >= 15 is 0 Å². The molecule has 2 N–H and O–H groups in total. The summed E-state index contributed by atoms with van der Waals surface area (Å²) in [5.41, 5.74) is 0.609. The Kier molecular flexibility index (Phi) is 5.25. The number of rotatable bonds is 5. The molecule has 1 aliphatic rings. The van der Waals surface area contributed by atoms with Crippen molar-refractivity contribution in [1.29, 1.82) is 0 Å². The standard InChI is InChI=1S/C16H22N2O4/c1-10(2)22-13-8-7-11(9-14(13)21-3)17-16(20)12-5-4-6-15(19)18-12/h7-10,12H,4-6H2,1-3H3,(H,17,20)(H,18,19)/t12-/m1/s1. The molecule has 6 heteroatoms. The molecule has 1 aromatic rings. The number of carbonyl (C=O) groups excluding carboxylic acids is 2. The summed E-state index contributed by atoms with van der Waals surface area (Å²) in [7, 11) is 1.55. The van der Waals surface area contributed by atoms with Crippen LogP contribution in [0, 0.1) is 0 Å². The van der Waals surface area contributed by atoms with E-state index < -0.39 is 6.04 Å². The fourth-order valence-corrected chi connectivity index (χ4v) is 2.33. The second kappa shape index (κ2) is 7.15. The van der Waals surface area contributed by atoms with E-state index in [9.17, 15) is 9.59 Å². The Balaban J connectivity index is 2.06. The predicted molar refractivity (Wildman–Crippen MR) is 83.2 cm³/mol. The average Bonchev–Trinajstić information content (AvgIpc) is 2.48. The maximum absolute atomic E-state index is 12.2. The summed E-state index contributed by atoms with van der Waals surface area (Å²) < 4.78 is 10.9. The number of hydrogen-bond donors (Lipinski definition) is 2. The minimum absolute atomic E-state index is 0.0341. The Morgan fingerprint density at radius 2 is 2.14 bits per heavy atom. The van der Waals surface area contributed by atoms with Crippen molar-refractivity contribution in [3.63, 3.8) is 0 Å². The first-order chi connectivity index (χ1) is 10.5. The summed E-state index contributed by atoms with van der Waals surface area (Å²) in [6.45, 7) is 3.86. The summed E-state index contributed by atoms with van der Waals surface area (Å²) in [5, 5.41) is 5.49. The first kappa shape index (κ1) is 16.1. The molecule has 1 aliphatic heterocycles. The van der Waals surface area contributed by atoms with Gasteiger partial charge in [0.05, 0.1) is 13.2 Å². The molecule has 1 saturated heterocycles. The normalized spacial score (nSPS) is 17.8. The molecule has 0 bridgehead atoms. The number of nitrogens with one attached hydrogen (secondary N) is 2. The first-order valence-corrected chi connectivity index (χ1v) is 7.44. The molecule has 0 aliphatic carbocycles. The van der Waals surface area contributed by atoms with Gasteiger partial charge in [0, 0.05) is 18.2 Å². The molecule has 120 valence electrons. The molecular formula is C16H22N2O4. The maximum atomic E-state index is 12.2. The van der Waals surface area contributed by atoms with Crippen molar-refractivity contribution in [2.24, 2.45) is 0 Å². The topological polar surface area (TPSA) is 76.7 Å². The van der Waals surface area contributed by atoms with Gasteiger partial charge in [0.15, 0.2) is 11.5 Å². The van der Waals surface area contributed by atoms with Gasteiger partial charge in [-0.1, -0.05) is 0 Å². The first-order valence-electron chi connectivity index (χ1n) is 7.44. The van der Waals surface area contributed by atoms with E-state index in [2.05, 4.69) is 10.6 Å². The van der Waals surface area contributed by atoms with Gasteiger partial charge in [0.1, 0.15) is 6.04 Å². The van der Waals surface area contributed by atoms with Gasteiger partial charge in [-0.25, -0.2) is 0 Å². The van der Waals surface area contributed by atoms with Crippen molar-refractivity contribution >= 4 is 17.5 Å². The average molecular weight is 306 g/mol. The van der Waals surface area contributed by atoms with Crippen molar-refractivity contribution in [2.45, 2.75) is 45.3 Å². The fourth-order valence-electron chi connectivity index (χ4n) is 2.33. The third-order valence-electron chi connectivity index (χ3n) is 3.34. The minimum Gasteiger partial charge on any atom is -0.493 e. The molecule has 1 fully saturated rings. The van der Waals surface area contributed by atoms with E-state index in [4.69, 9.17) is 9.47 Å². The zero-order chi connectivity index (χ0) is 16.1. The van der Waals surface area contributed by atoms with Crippen LogP contribution in [0.3, 0.4) is 0 Å². The van der Waals surface area contributed by atoms with Crippen LogP contribution in [-0.2, 0) is 9.59 Å². The van der Waals surface area contributed by atoms with E-state index in [1.54, 1.807) is 25.3 Å². The molecular weight excluding hydrogens is 284 g/mol. The highest BCUT2D eigenvalue weighted by molar-refractivity contribution is 5.97. The van der Waals surface area contributed by atoms with Crippen LogP contribution in [0.15, 0.2) is 18.2 Å². The Hall–Kier alpha value is -2.24. The lowest BCUT2D eigenvalue weighted by atomic mass is 10.0. The van der Waals surface area contributed by atoms with Gasteiger partial charge in [-0.3, -0.25) is 9.59 Å². The third kappa shape index (κ3) is 4.13. The van der Waals surface area contributed by atoms with Crippen LogP contribution >= 0.6 is 0 Å². The highest BCUT2D eigenvalue weighted by Gasteiger charge is 2.24. The quantitative estimate of drug-likeness (QED) is 0.873. The van der Waals surface area contributed by atoms with Crippen molar-refractivity contribution in [3.05, 3.63) is 18.2 Å². The molecule has 2 amide bonds. The second-order valence-corrected chi connectivity index (χ2v) is 5.53. The molecule has 0 saturated carbocycles. The van der Waals surface area contributed by atoms with Gasteiger partial charge in [0.25, 0.3) is 0 Å². The monoisotopic (exact) mass is 306 g/mol. The SMILES string of the molecule is COc1cc(NC(=O)[C@H]2CCCC(=O)N2)ccc1OC(C)C. The maximum Gasteiger partial charge on any atom is 0.246 e. The summed E-state index contributed by atoms with van der Waals surface area (Å²) in [5.74, 6) is 0.887. The Morgan fingerprint density at radius 1 is 1.36 bits per heavy atom. The van der Waals surface area contributed by atoms with Gasteiger partial charge in [0.2, 0.25) is 11.8 Å². The summed E-state index contributed by atoms with van der Waals surface area (Å²) in [6, 6.07) is 4.75. The molecule has 0 aromatic heterocycles. The number of ether oxygens (including phenoxy) is 2. The molecule has 1 aromatic carbocycles. The molecule has 0 unspecified atom stereocenters. The number of piperidine rings is 1. The lowest BCUT2D eigenvalue weighted by molar-refractivity contribution is -0.128. The fraction of sp³-hybridized carbons (Fsp3) is 0.500. The summed E-state index contributed by atoms with van der Waals surface area (Å²) in [4.78, 5) is 23.5. The number of amides is 2. The summed E-state index contributed by atoms with van der Waals surface area (Å²) in [6.07, 6.45) is 1.91. The van der Waals surface area contributed by atoms with Crippen LogP contribution in [0.2, 0.25) is 0 Å². The highest BCUT2D eigenvalue weighted by Crippen LogP contribution is 2.31. The van der Waals surface area contributed by atoms with Crippen molar-refractivity contribution in [3.8, 4) is 11.5 Å². The lowest BCUT2D eigenvalue weighted by Crippen LogP contribution is -2.46. The van der Waals surface area contributed by atoms with Crippen LogP contribution < -0.4 is 20.1 Å². The van der Waals surface area contributed by atoms with Crippen molar-refractivity contribution in [2.75, 3.05) is 12.4 Å². The van der Waals surface area contributed by atoms with Crippen LogP contribution in [0.5, 0.6) is 11.5 Å². The molecule has 0 spiro atoms. The Labute approximate surface area is 130 Å². The second-order valence-electron chi connectivity index (χ2n) is 5.53. The van der Waals surface area contributed by atoms with E-state index in [1.165, 1.54) is 0 Å². The molecule has 2 rings (SSSR count). The lowest BCUT2D eigenvalue weighted by Gasteiger charge is -2.22. The van der Waals surface area contributed by atoms with E-state index in [1.807, 2.05) is 13.8 Å². The number of benzene rings is 1. The summed E-state index contributed by atoms with van der Waals surface area (Å²) >= 11 is 0. The molecule has 0 radical (unpaired) electrons. The molecule has 6 nitrogen and oxygen atoms in total. The smallest absolute Gasteiger partial charge is 0.246 e.